The highest BCUT2D eigenvalue weighted by molar-refractivity contribution is 5.99. The maximum atomic E-state index is 13.2. The van der Waals surface area contributed by atoms with Gasteiger partial charge in [-0.05, 0) is 45.6 Å². The molecule has 0 bridgehead atoms. The van der Waals surface area contributed by atoms with Crippen molar-refractivity contribution in [3.05, 3.63) is 58.4 Å². The fraction of sp³-hybridized carbons (Fsp3) is 0.435. The molecule has 30 heavy (non-hydrogen) atoms. The molecule has 0 saturated carbocycles. The van der Waals surface area contributed by atoms with Gasteiger partial charge in [0.15, 0.2) is 0 Å². The lowest BCUT2D eigenvalue weighted by molar-refractivity contribution is -0.142. The summed E-state index contributed by atoms with van der Waals surface area (Å²) in [6, 6.07) is 9.01. The Kier molecular flexibility index (Phi) is 6.92. The standard InChI is InChI=1S/C23H28N2O5/c1-4-29-22(27)18-15(2)19(24-16(18)3)23(28)30-20(17-11-7-5-8-12-17)21(26)25-13-9-6-10-14-25/h5,7-8,11-12,20,24H,4,6,9-10,13-14H2,1-3H3/t20-/m0/s1. The third-order valence-electron chi connectivity index (χ3n) is 5.34. The van der Waals surface area contributed by atoms with Gasteiger partial charge in [0.2, 0.25) is 6.10 Å². The zero-order chi connectivity index (χ0) is 21.7. The number of carbonyl (C=O) groups excluding carboxylic acids is 3. The largest absolute Gasteiger partial charge is 0.462 e. The van der Waals surface area contributed by atoms with Crippen LogP contribution in [0.4, 0.5) is 0 Å². The van der Waals surface area contributed by atoms with E-state index in [0.717, 1.165) is 19.3 Å². The molecule has 1 saturated heterocycles. The molecule has 2 aromatic rings. The highest BCUT2D eigenvalue weighted by Gasteiger charge is 2.32. The molecule has 3 rings (SSSR count). The van der Waals surface area contributed by atoms with Gasteiger partial charge in [-0.15, -0.1) is 0 Å². The molecule has 1 aromatic carbocycles. The molecule has 1 atom stereocenters. The molecule has 0 radical (unpaired) electrons. The smallest absolute Gasteiger partial charge is 0.356 e. The van der Waals surface area contributed by atoms with Crippen LogP contribution < -0.4 is 0 Å². The van der Waals surface area contributed by atoms with E-state index in [0.29, 0.717) is 35.5 Å². The van der Waals surface area contributed by atoms with Crippen LogP contribution in [0.3, 0.4) is 0 Å². The van der Waals surface area contributed by atoms with Crippen LogP contribution in [-0.4, -0.2) is 47.4 Å². The summed E-state index contributed by atoms with van der Waals surface area (Å²) in [5.41, 5.74) is 2.07. The second-order valence-corrected chi connectivity index (χ2v) is 7.43. The fourth-order valence-electron chi connectivity index (χ4n) is 3.80. The summed E-state index contributed by atoms with van der Waals surface area (Å²) in [5.74, 6) is -1.39. The molecule has 1 N–H and O–H groups in total. The lowest BCUT2D eigenvalue weighted by Crippen LogP contribution is -2.40. The van der Waals surface area contributed by atoms with E-state index in [1.807, 2.05) is 18.2 Å². The minimum absolute atomic E-state index is 0.155. The number of nitrogens with one attached hydrogen (secondary N) is 1. The van der Waals surface area contributed by atoms with Crippen LogP contribution in [0.15, 0.2) is 30.3 Å². The zero-order valence-corrected chi connectivity index (χ0v) is 17.7. The number of aromatic nitrogens is 1. The normalized spacial score (nSPS) is 14.8. The average Bonchev–Trinajstić information content (AvgIpc) is 3.07. The number of aromatic amines is 1. The van der Waals surface area contributed by atoms with Crippen molar-refractivity contribution in [1.82, 2.24) is 9.88 Å². The van der Waals surface area contributed by atoms with Crippen LogP contribution in [0.25, 0.3) is 0 Å². The number of hydrogen-bond donors (Lipinski definition) is 1. The van der Waals surface area contributed by atoms with E-state index in [9.17, 15) is 14.4 Å². The Labute approximate surface area is 176 Å². The predicted molar refractivity (Wildman–Crippen MR) is 111 cm³/mol. The van der Waals surface area contributed by atoms with E-state index in [1.54, 1.807) is 37.8 Å². The second kappa shape index (κ2) is 9.61. The summed E-state index contributed by atoms with van der Waals surface area (Å²) in [6.45, 7) is 6.64. The third-order valence-corrected chi connectivity index (χ3v) is 5.34. The Bertz CT molecular complexity index is 913. The molecule has 7 nitrogen and oxygen atoms in total. The fourth-order valence-corrected chi connectivity index (χ4v) is 3.80. The third kappa shape index (κ3) is 4.56. The molecule has 0 spiro atoms. The maximum Gasteiger partial charge on any atom is 0.356 e. The molecule has 1 aliphatic rings. The number of hydrogen-bond acceptors (Lipinski definition) is 5. The molecule has 7 heteroatoms. The second-order valence-electron chi connectivity index (χ2n) is 7.43. The Morgan fingerprint density at radius 3 is 2.33 bits per heavy atom. The molecule has 1 aliphatic heterocycles. The van der Waals surface area contributed by atoms with E-state index >= 15 is 0 Å². The highest BCUT2D eigenvalue weighted by Crippen LogP contribution is 2.26. The number of benzene rings is 1. The van der Waals surface area contributed by atoms with Gasteiger partial charge in [0, 0.05) is 24.3 Å². The van der Waals surface area contributed by atoms with E-state index in [-0.39, 0.29) is 18.2 Å². The number of ether oxygens (including phenoxy) is 2. The minimum atomic E-state index is -1.04. The number of esters is 2. The Morgan fingerprint density at radius 2 is 1.70 bits per heavy atom. The summed E-state index contributed by atoms with van der Waals surface area (Å²) < 4.78 is 10.8. The van der Waals surface area contributed by atoms with Crippen molar-refractivity contribution < 1.29 is 23.9 Å². The molecule has 1 fully saturated rings. The van der Waals surface area contributed by atoms with Crippen molar-refractivity contribution >= 4 is 17.8 Å². The lowest BCUT2D eigenvalue weighted by Gasteiger charge is -2.30. The number of rotatable bonds is 6. The van der Waals surface area contributed by atoms with Crippen molar-refractivity contribution in [3.63, 3.8) is 0 Å². The first-order valence-electron chi connectivity index (χ1n) is 10.3. The van der Waals surface area contributed by atoms with Crippen molar-refractivity contribution in [1.29, 1.82) is 0 Å². The molecule has 0 unspecified atom stereocenters. The van der Waals surface area contributed by atoms with Gasteiger partial charge in [0.05, 0.1) is 12.2 Å². The number of aryl methyl sites for hydroxylation is 1. The molecule has 1 aromatic heterocycles. The predicted octanol–water partition coefficient (Wildman–Crippen LogP) is 3.72. The Balaban J connectivity index is 1.88. The van der Waals surface area contributed by atoms with Crippen LogP contribution in [0, 0.1) is 13.8 Å². The number of amides is 1. The van der Waals surface area contributed by atoms with Gasteiger partial charge in [0.1, 0.15) is 5.69 Å². The molecular weight excluding hydrogens is 384 g/mol. The monoisotopic (exact) mass is 412 g/mol. The van der Waals surface area contributed by atoms with Crippen LogP contribution in [0.5, 0.6) is 0 Å². The molecular formula is C23H28N2O5. The number of carbonyl (C=O) groups is 3. The SMILES string of the molecule is CCOC(=O)c1c(C)[nH]c(C(=O)O[C@H](C(=O)N2CCCCC2)c2ccccc2)c1C. The Morgan fingerprint density at radius 1 is 1.03 bits per heavy atom. The lowest BCUT2D eigenvalue weighted by atomic mass is 10.1. The van der Waals surface area contributed by atoms with Crippen LogP contribution in [0.1, 0.15) is 70.0 Å². The van der Waals surface area contributed by atoms with Gasteiger partial charge < -0.3 is 19.4 Å². The van der Waals surface area contributed by atoms with Crippen LogP contribution in [-0.2, 0) is 14.3 Å². The zero-order valence-electron chi connectivity index (χ0n) is 17.7. The van der Waals surface area contributed by atoms with Crippen LogP contribution in [0.2, 0.25) is 0 Å². The quantitative estimate of drug-likeness (QED) is 0.731. The van der Waals surface area contributed by atoms with Gasteiger partial charge in [-0.1, -0.05) is 30.3 Å². The number of nitrogens with zero attached hydrogens (tertiary/aromatic N) is 1. The van der Waals surface area contributed by atoms with Gasteiger partial charge in [0.25, 0.3) is 5.91 Å². The van der Waals surface area contributed by atoms with Crippen LogP contribution >= 0.6 is 0 Å². The first kappa shape index (κ1) is 21.6. The molecule has 0 aliphatic carbocycles. The molecule has 2 heterocycles. The van der Waals surface area contributed by atoms with Crippen molar-refractivity contribution in [2.24, 2.45) is 0 Å². The minimum Gasteiger partial charge on any atom is -0.462 e. The van der Waals surface area contributed by atoms with Gasteiger partial charge in [-0.3, -0.25) is 4.79 Å². The summed E-state index contributed by atoms with van der Waals surface area (Å²) in [5, 5.41) is 0. The average molecular weight is 412 g/mol. The van der Waals surface area contributed by atoms with Crippen molar-refractivity contribution in [2.45, 2.75) is 46.1 Å². The van der Waals surface area contributed by atoms with Gasteiger partial charge >= 0.3 is 11.9 Å². The molecule has 1 amide bonds. The van der Waals surface area contributed by atoms with E-state index < -0.39 is 18.0 Å². The van der Waals surface area contributed by atoms with Crippen molar-refractivity contribution in [2.75, 3.05) is 19.7 Å². The first-order valence-corrected chi connectivity index (χ1v) is 10.3. The van der Waals surface area contributed by atoms with Gasteiger partial charge in [-0.25, -0.2) is 9.59 Å². The number of H-pyrrole nitrogens is 1. The first-order chi connectivity index (χ1) is 14.4. The van der Waals surface area contributed by atoms with E-state index in [1.165, 1.54) is 0 Å². The number of likely N-dealkylation sites (tertiary alicyclic amines) is 1. The maximum absolute atomic E-state index is 13.2. The topological polar surface area (TPSA) is 88.7 Å². The van der Waals surface area contributed by atoms with E-state index in [4.69, 9.17) is 9.47 Å². The molecule has 160 valence electrons. The van der Waals surface area contributed by atoms with E-state index in [2.05, 4.69) is 4.98 Å². The summed E-state index contributed by atoms with van der Waals surface area (Å²) in [6.07, 6.45) is 1.95. The van der Waals surface area contributed by atoms with Crippen molar-refractivity contribution in [3.8, 4) is 0 Å². The number of piperidine rings is 1. The van der Waals surface area contributed by atoms with Gasteiger partial charge in [-0.2, -0.15) is 0 Å². The summed E-state index contributed by atoms with van der Waals surface area (Å²) in [7, 11) is 0. The highest BCUT2D eigenvalue weighted by atomic mass is 16.5. The Hall–Kier alpha value is -3.09. The summed E-state index contributed by atoms with van der Waals surface area (Å²) >= 11 is 0. The summed E-state index contributed by atoms with van der Waals surface area (Å²) in [4.78, 5) is 43.1.